The van der Waals surface area contributed by atoms with Crippen LogP contribution in [0.15, 0.2) is 66.7 Å². The molecule has 158 valence electrons. The molecule has 4 rings (SSSR count). The monoisotopic (exact) mass is 437 g/mol. The molecule has 1 N–H and O–H groups in total. The molecule has 3 aromatic carbocycles. The van der Waals surface area contributed by atoms with Gasteiger partial charge < -0.3 is 15.0 Å². The van der Waals surface area contributed by atoms with Crippen LogP contribution in [0, 0.1) is 10.1 Å². The lowest BCUT2D eigenvalue weighted by Gasteiger charge is -2.17. The number of benzene rings is 3. The lowest BCUT2D eigenvalue weighted by Crippen LogP contribution is -2.19. The fourth-order valence-electron chi connectivity index (χ4n) is 3.48. The van der Waals surface area contributed by atoms with Gasteiger partial charge in [0.15, 0.2) is 0 Å². The van der Waals surface area contributed by atoms with Crippen LogP contribution in [-0.2, 0) is 0 Å². The van der Waals surface area contributed by atoms with Crippen molar-refractivity contribution in [3.63, 3.8) is 0 Å². The molecule has 0 spiro atoms. The Balaban J connectivity index is 1.45. The van der Waals surface area contributed by atoms with Crippen LogP contribution in [0.4, 0.5) is 17.1 Å². The van der Waals surface area contributed by atoms with E-state index in [1.54, 1.807) is 60.7 Å². The molecule has 0 aromatic heterocycles. The van der Waals surface area contributed by atoms with Gasteiger partial charge in [-0.1, -0.05) is 11.6 Å². The summed E-state index contributed by atoms with van der Waals surface area (Å²) in [5.74, 6) is 0.833. The minimum Gasteiger partial charge on any atom is -0.457 e. The number of hydrogen-bond acceptors (Lipinski definition) is 5. The topological polar surface area (TPSA) is 84.7 Å². The van der Waals surface area contributed by atoms with Crippen LogP contribution in [0.1, 0.15) is 23.2 Å². The second-order valence-electron chi connectivity index (χ2n) is 7.19. The molecule has 1 heterocycles. The Morgan fingerprint density at radius 1 is 0.968 bits per heavy atom. The summed E-state index contributed by atoms with van der Waals surface area (Å²) in [6, 6.07) is 18.5. The predicted octanol–water partition coefficient (Wildman–Crippen LogP) is 5.89. The fraction of sp³-hybridized carbons (Fsp3) is 0.174. The van der Waals surface area contributed by atoms with E-state index in [2.05, 4.69) is 5.32 Å². The molecule has 1 saturated heterocycles. The third-order valence-electron chi connectivity index (χ3n) is 5.04. The number of nitro groups is 1. The number of nitrogens with one attached hydrogen (secondary N) is 1. The molecule has 1 aliphatic rings. The van der Waals surface area contributed by atoms with Crippen molar-refractivity contribution in [2.45, 2.75) is 12.8 Å². The molecule has 0 aliphatic carbocycles. The van der Waals surface area contributed by atoms with Crippen molar-refractivity contribution in [3.05, 3.63) is 87.4 Å². The Bertz CT molecular complexity index is 1090. The van der Waals surface area contributed by atoms with Crippen molar-refractivity contribution in [1.29, 1.82) is 0 Å². The zero-order valence-corrected chi connectivity index (χ0v) is 17.3. The highest BCUT2D eigenvalue weighted by molar-refractivity contribution is 6.30. The smallest absolute Gasteiger partial charge is 0.293 e. The first-order valence-electron chi connectivity index (χ1n) is 9.88. The third kappa shape index (κ3) is 4.95. The second-order valence-corrected chi connectivity index (χ2v) is 7.63. The highest BCUT2D eigenvalue weighted by Crippen LogP contribution is 2.32. The minimum atomic E-state index is -0.437. The van der Waals surface area contributed by atoms with Gasteiger partial charge in [0, 0.05) is 35.4 Å². The summed E-state index contributed by atoms with van der Waals surface area (Å²) in [7, 11) is 0. The number of rotatable bonds is 6. The third-order valence-corrected chi connectivity index (χ3v) is 5.29. The molecule has 1 fully saturated rings. The number of nitro benzene ring substituents is 1. The van der Waals surface area contributed by atoms with Crippen LogP contribution < -0.4 is 15.0 Å². The van der Waals surface area contributed by atoms with Gasteiger partial charge in [0.1, 0.15) is 17.2 Å². The molecule has 1 aliphatic heterocycles. The molecule has 31 heavy (non-hydrogen) atoms. The average molecular weight is 438 g/mol. The van der Waals surface area contributed by atoms with Crippen LogP contribution in [0.25, 0.3) is 0 Å². The number of anilines is 2. The highest BCUT2D eigenvalue weighted by Gasteiger charge is 2.23. The number of ether oxygens (including phenoxy) is 1. The number of halogens is 1. The minimum absolute atomic E-state index is 0.0544. The molecule has 0 atom stereocenters. The van der Waals surface area contributed by atoms with Crippen molar-refractivity contribution in [1.82, 2.24) is 0 Å². The van der Waals surface area contributed by atoms with E-state index in [0.29, 0.717) is 27.9 Å². The Kier molecular flexibility index (Phi) is 6.04. The molecule has 0 unspecified atom stereocenters. The number of carbonyl (C=O) groups excluding carboxylic acids is 1. The summed E-state index contributed by atoms with van der Waals surface area (Å²) in [6.45, 7) is 1.58. The lowest BCUT2D eigenvalue weighted by molar-refractivity contribution is -0.384. The SMILES string of the molecule is O=C(Nc1ccc(Oc2ccc(Cl)cc2)cc1)c1ccc(N2CCCC2)c([N+](=O)[O-])c1. The van der Waals surface area contributed by atoms with E-state index in [9.17, 15) is 14.9 Å². The van der Waals surface area contributed by atoms with Crippen molar-refractivity contribution >= 4 is 34.6 Å². The van der Waals surface area contributed by atoms with Gasteiger partial charge in [-0.2, -0.15) is 0 Å². The Hall–Kier alpha value is -3.58. The second kappa shape index (κ2) is 9.06. The Labute approximate surface area is 184 Å². The molecule has 0 bridgehead atoms. The number of amides is 1. The van der Waals surface area contributed by atoms with E-state index in [1.807, 2.05) is 4.90 Å². The summed E-state index contributed by atoms with van der Waals surface area (Å²) in [5.41, 5.74) is 1.29. The molecule has 0 saturated carbocycles. The van der Waals surface area contributed by atoms with Crippen molar-refractivity contribution in [2.75, 3.05) is 23.3 Å². The quantitative estimate of drug-likeness (QED) is 0.383. The van der Waals surface area contributed by atoms with E-state index in [0.717, 1.165) is 25.9 Å². The average Bonchev–Trinajstić information content (AvgIpc) is 3.31. The van der Waals surface area contributed by atoms with E-state index < -0.39 is 10.8 Å². The van der Waals surface area contributed by atoms with Gasteiger partial charge >= 0.3 is 0 Å². The Morgan fingerprint density at radius 3 is 2.19 bits per heavy atom. The molecule has 8 heteroatoms. The van der Waals surface area contributed by atoms with E-state index in [4.69, 9.17) is 16.3 Å². The maximum Gasteiger partial charge on any atom is 0.293 e. The standard InChI is InChI=1S/C23H20ClN3O4/c24-17-4-8-19(9-5-17)31-20-10-6-18(7-11-20)25-23(28)16-3-12-21(22(15-16)27(29)30)26-13-1-2-14-26/h3-12,15H,1-2,13-14H2,(H,25,28). The number of carbonyl (C=O) groups is 1. The van der Waals surface area contributed by atoms with Crippen molar-refractivity contribution in [2.24, 2.45) is 0 Å². The largest absolute Gasteiger partial charge is 0.457 e. The number of nitrogens with zero attached hydrogens (tertiary/aromatic N) is 2. The van der Waals surface area contributed by atoms with Crippen molar-refractivity contribution in [3.8, 4) is 11.5 Å². The van der Waals surface area contributed by atoms with Gasteiger partial charge in [0.25, 0.3) is 11.6 Å². The summed E-state index contributed by atoms with van der Waals surface area (Å²) in [6.07, 6.45) is 2.02. The zero-order valence-electron chi connectivity index (χ0n) is 16.6. The van der Waals surface area contributed by atoms with Crippen LogP contribution >= 0.6 is 11.6 Å². The summed E-state index contributed by atoms with van der Waals surface area (Å²) in [4.78, 5) is 25.7. The maximum atomic E-state index is 12.6. The van der Waals surface area contributed by atoms with Gasteiger partial charge in [-0.3, -0.25) is 14.9 Å². The van der Waals surface area contributed by atoms with E-state index in [-0.39, 0.29) is 11.3 Å². The molecular formula is C23H20ClN3O4. The van der Waals surface area contributed by atoms with Crippen LogP contribution in [-0.4, -0.2) is 23.9 Å². The molecule has 7 nitrogen and oxygen atoms in total. The van der Waals surface area contributed by atoms with Crippen LogP contribution in [0.2, 0.25) is 5.02 Å². The van der Waals surface area contributed by atoms with Crippen LogP contribution in [0.5, 0.6) is 11.5 Å². The van der Waals surface area contributed by atoms with Gasteiger partial charge in [-0.15, -0.1) is 0 Å². The fourth-order valence-corrected chi connectivity index (χ4v) is 3.61. The van der Waals surface area contributed by atoms with E-state index >= 15 is 0 Å². The van der Waals surface area contributed by atoms with Gasteiger partial charge in [0.05, 0.1) is 4.92 Å². The first-order chi connectivity index (χ1) is 15.0. The van der Waals surface area contributed by atoms with Crippen molar-refractivity contribution < 1.29 is 14.5 Å². The van der Waals surface area contributed by atoms with Crippen LogP contribution in [0.3, 0.4) is 0 Å². The summed E-state index contributed by atoms with van der Waals surface area (Å²) < 4.78 is 5.73. The first-order valence-corrected chi connectivity index (χ1v) is 10.3. The summed E-state index contributed by atoms with van der Waals surface area (Å²) >= 11 is 5.87. The van der Waals surface area contributed by atoms with E-state index in [1.165, 1.54) is 6.07 Å². The summed E-state index contributed by atoms with van der Waals surface area (Å²) in [5, 5.41) is 14.9. The molecule has 1 amide bonds. The lowest BCUT2D eigenvalue weighted by atomic mass is 10.1. The normalized spacial score (nSPS) is 13.1. The molecular weight excluding hydrogens is 418 g/mol. The maximum absolute atomic E-state index is 12.6. The highest BCUT2D eigenvalue weighted by atomic mass is 35.5. The first kappa shape index (κ1) is 20.7. The van der Waals surface area contributed by atoms with Gasteiger partial charge in [0.2, 0.25) is 0 Å². The number of hydrogen-bond donors (Lipinski definition) is 1. The van der Waals surface area contributed by atoms with Gasteiger partial charge in [-0.05, 0) is 73.5 Å². The van der Waals surface area contributed by atoms with Gasteiger partial charge in [-0.25, -0.2) is 0 Å². The Morgan fingerprint density at radius 2 is 1.58 bits per heavy atom. The molecule has 0 radical (unpaired) electrons. The molecule has 3 aromatic rings. The predicted molar refractivity (Wildman–Crippen MR) is 120 cm³/mol. The zero-order chi connectivity index (χ0) is 21.8.